The first-order chi connectivity index (χ1) is 9.13. The number of halogens is 1. The first-order valence-electron chi connectivity index (χ1n) is 6.69. The summed E-state index contributed by atoms with van der Waals surface area (Å²) in [7, 11) is 0. The van der Waals surface area contributed by atoms with Gasteiger partial charge in [-0.15, -0.1) is 0 Å². The number of hydrogen-bond acceptors (Lipinski definition) is 2. The Kier molecular flexibility index (Phi) is 4.94. The molecule has 0 atom stereocenters. The van der Waals surface area contributed by atoms with Crippen molar-refractivity contribution in [3.8, 4) is 0 Å². The standard InChI is InChI=1S/C16H20BrNO/c1-14(17)11-16(13-19)7-9-18(10-8-16)12-15-5-3-2-4-6-15/h2-6,13H,1,7-12H2. The van der Waals surface area contributed by atoms with Crippen molar-refractivity contribution < 1.29 is 4.79 Å². The summed E-state index contributed by atoms with van der Waals surface area (Å²) < 4.78 is 0.927. The Balaban J connectivity index is 1.91. The molecule has 0 saturated carbocycles. The van der Waals surface area contributed by atoms with E-state index in [1.54, 1.807) is 0 Å². The average Bonchev–Trinajstić information content (AvgIpc) is 2.42. The minimum Gasteiger partial charge on any atom is -0.303 e. The van der Waals surface area contributed by atoms with Crippen molar-refractivity contribution in [3.63, 3.8) is 0 Å². The van der Waals surface area contributed by atoms with Gasteiger partial charge in [-0.2, -0.15) is 0 Å². The normalized spacial score (nSPS) is 19.0. The molecular formula is C16H20BrNO. The van der Waals surface area contributed by atoms with Crippen molar-refractivity contribution >= 4 is 22.2 Å². The monoisotopic (exact) mass is 321 g/mol. The summed E-state index contributed by atoms with van der Waals surface area (Å²) in [6.45, 7) is 6.81. The predicted octanol–water partition coefficient (Wildman–Crippen LogP) is 3.77. The van der Waals surface area contributed by atoms with Gasteiger partial charge >= 0.3 is 0 Å². The number of carbonyl (C=O) groups is 1. The highest BCUT2D eigenvalue weighted by atomic mass is 79.9. The number of allylic oxidation sites excluding steroid dienone is 1. The number of nitrogens with zero attached hydrogens (tertiary/aromatic N) is 1. The van der Waals surface area contributed by atoms with E-state index in [4.69, 9.17) is 0 Å². The molecule has 0 amide bonds. The van der Waals surface area contributed by atoms with E-state index in [2.05, 4.69) is 51.7 Å². The molecule has 1 aliphatic rings. The van der Waals surface area contributed by atoms with Crippen molar-refractivity contribution in [2.24, 2.45) is 5.41 Å². The third kappa shape index (κ3) is 4.02. The number of rotatable bonds is 5. The maximum Gasteiger partial charge on any atom is 0.126 e. The molecule has 1 saturated heterocycles. The maximum absolute atomic E-state index is 11.4. The van der Waals surface area contributed by atoms with E-state index in [1.165, 1.54) is 5.56 Å². The zero-order chi connectivity index (χ0) is 13.7. The Morgan fingerprint density at radius 3 is 2.47 bits per heavy atom. The lowest BCUT2D eigenvalue weighted by molar-refractivity contribution is -0.118. The Morgan fingerprint density at radius 2 is 1.95 bits per heavy atom. The van der Waals surface area contributed by atoms with Crippen LogP contribution in [0.2, 0.25) is 0 Å². The average molecular weight is 322 g/mol. The van der Waals surface area contributed by atoms with E-state index in [9.17, 15) is 4.79 Å². The molecule has 1 fully saturated rings. The van der Waals surface area contributed by atoms with Gasteiger partial charge < -0.3 is 4.79 Å². The molecule has 0 aliphatic carbocycles. The van der Waals surface area contributed by atoms with Crippen LogP contribution in [0.25, 0.3) is 0 Å². The van der Waals surface area contributed by atoms with Gasteiger partial charge in [0.15, 0.2) is 0 Å². The van der Waals surface area contributed by atoms with E-state index < -0.39 is 0 Å². The van der Waals surface area contributed by atoms with Gasteiger partial charge in [-0.3, -0.25) is 4.90 Å². The predicted molar refractivity (Wildman–Crippen MR) is 82.1 cm³/mol. The van der Waals surface area contributed by atoms with Gasteiger partial charge in [-0.25, -0.2) is 0 Å². The molecule has 2 nitrogen and oxygen atoms in total. The first kappa shape index (κ1) is 14.5. The maximum atomic E-state index is 11.4. The molecule has 3 heteroatoms. The number of likely N-dealkylation sites (tertiary alicyclic amines) is 1. The van der Waals surface area contributed by atoms with Crippen LogP contribution in [0.15, 0.2) is 41.4 Å². The van der Waals surface area contributed by atoms with E-state index >= 15 is 0 Å². The van der Waals surface area contributed by atoms with Gasteiger partial charge in [0.2, 0.25) is 0 Å². The van der Waals surface area contributed by atoms with Gasteiger partial charge in [-0.1, -0.05) is 52.8 Å². The zero-order valence-electron chi connectivity index (χ0n) is 11.1. The van der Waals surface area contributed by atoms with Crippen LogP contribution in [-0.2, 0) is 11.3 Å². The van der Waals surface area contributed by atoms with E-state index in [-0.39, 0.29) is 5.41 Å². The van der Waals surface area contributed by atoms with Crippen molar-refractivity contribution in [1.29, 1.82) is 0 Å². The van der Waals surface area contributed by atoms with Crippen molar-refractivity contribution in [2.45, 2.75) is 25.8 Å². The van der Waals surface area contributed by atoms with Gasteiger partial charge in [0.25, 0.3) is 0 Å². The lowest BCUT2D eigenvalue weighted by atomic mass is 9.77. The van der Waals surface area contributed by atoms with Gasteiger partial charge in [0.1, 0.15) is 6.29 Å². The van der Waals surface area contributed by atoms with Crippen LogP contribution >= 0.6 is 15.9 Å². The van der Waals surface area contributed by atoms with Gasteiger partial charge in [-0.05, 0) is 42.4 Å². The fraction of sp³-hybridized carbons (Fsp3) is 0.438. The number of piperidine rings is 1. The Labute approximate surface area is 123 Å². The highest BCUT2D eigenvalue weighted by Gasteiger charge is 2.34. The highest BCUT2D eigenvalue weighted by molar-refractivity contribution is 9.11. The topological polar surface area (TPSA) is 20.3 Å². The molecule has 0 N–H and O–H groups in total. The molecule has 1 heterocycles. The van der Waals surface area contributed by atoms with Crippen LogP contribution in [0.1, 0.15) is 24.8 Å². The van der Waals surface area contributed by atoms with Crippen LogP contribution in [0.5, 0.6) is 0 Å². The molecule has 0 bridgehead atoms. The second-order valence-corrected chi connectivity index (χ2v) is 6.56. The Bertz CT molecular complexity index is 435. The summed E-state index contributed by atoms with van der Waals surface area (Å²) in [5, 5.41) is 0. The SMILES string of the molecule is C=C(Br)CC1(C=O)CCN(Cc2ccccc2)CC1. The largest absolute Gasteiger partial charge is 0.303 e. The number of aldehydes is 1. The summed E-state index contributed by atoms with van der Waals surface area (Å²) in [4.78, 5) is 13.8. The summed E-state index contributed by atoms with van der Waals surface area (Å²) in [5.74, 6) is 0. The highest BCUT2D eigenvalue weighted by Crippen LogP contribution is 2.37. The molecular weight excluding hydrogens is 302 g/mol. The molecule has 2 rings (SSSR count). The van der Waals surface area contributed by atoms with Crippen LogP contribution in [-0.4, -0.2) is 24.3 Å². The third-order valence-corrected chi connectivity index (χ3v) is 4.18. The van der Waals surface area contributed by atoms with Gasteiger partial charge in [0, 0.05) is 12.0 Å². The minimum atomic E-state index is -0.201. The smallest absolute Gasteiger partial charge is 0.126 e. The number of hydrogen-bond donors (Lipinski definition) is 0. The zero-order valence-corrected chi connectivity index (χ0v) is 12.7. The molecule has 0 radical (unpaired) electrons. The van der Waals surface area contributed by atoms with E-state index in [1.807, 2.05) is 6.07 Å². The molecule has 1 aromatic rings. The van der Waals surface area contributed by atoms with Gasteiger partial charge in [0.05, 0.1) is 0 Å². The summed E-state index contributed by atoms with van der Waals surface area (Å²) >= 11 is 3.39. The molecule has 0 aromatic heterocycles. The van der Waals surface area contributed by atoms with Crippen LogP contribution in [0, 0.1) is 5.41 Å². The summed E-state index contributed by atoms with van der Waals surface area (Å²) in [6, 6.07) is 10.5. The molecule has 1 aliphatic heterocycles. The second-order valence-electron chi connectivity index (χ2n) is 5.44. The summed E-state index contributed by atoms with van der Waals surface area (Å²) in [5.41, 5.74) is 1.14. The lowest BCUT2D eigenvalue weighted by Crippen LogP contribution is -2.40. The Hall–Kier alpha value is -0.930. The molecule has 1 aromatic carbocycles. The van der Waals surface area contributed by atoms with Crippen molar-refractivity contribution in [2.75, 3.05) is 13.1 Å². The van der Waals surface area contributed by atoms with E-state index in [0.717, 1.165) is 49.7 Å². The van der Waals surface area contributed by atoms with Crippen molar-refractivity contribution in [3.05, 3.63) is 47.0 Å². The number of carbonyl (C=O) groups excluding carboxylic acids is 1. The van der Waals surface area contributed by atoms with E-state index in [0.29, 0.717) is 0 Å². The Morgan fingerprint density at radius 1 is 1.32 bits per heavy atom. The molecule has 0 spiro atoms. The third-order valence-electron chi connectivity index (χ3n) is 3.89. The molecule has 0 unspecified atom stereocenters. The first-order valence-corrected chi connectivity index (χ1v) is 7.49. The quantitative estimate of drug-likeness (QED) is 0.769. The van der Waals surface area contributed by atoms with Crippen LogP contribution < -0.4 is 0 Å². The second kappa shape index (κ2) is 6.49. The van der Waals surface area contributed by atoms with Crippen LogP contribution in [0.3, 0.4) is 0 Å². The summed E-state index contributed by atoms with van der Waals surface area (Å²) in [6.07, 6.45) is 3.75. The van der Waals surface area contributed by atoms with Crippen molar-refractivity contribution in [1.82, 2.24) is 4.90 Å². The fourth-order valence-corrected chi connectivity index (χ4v) is 3.27. The number of benzene rings is 1. The molecule has 102 valence electrons. The molecule has 19 heavy (non-hydrogen) atoms. The lowest BCUT2D eigenvalue weighted by Gasteiger charge is -2.38. The minimum absolute atomic E-state index is 0.201. The van der Waals surface area contributed by atoms with Crippen LogP contribution in [0.4, 0.5) is 0 Å². The fourth-order valence-electron chi connectivity index (χ4n) is 2.72.